The van der Waals surface area contributed by atoms with Crippen LogP contribution in [0.3, 0.4) is 0 Å². The van der Waals surface area contributed by atoms with Crippen molar-refractivity contribution in [3.8, 4) is 23.0 Å². The van der Waals surface area contributed by atoms with Crippen molar-refractivity contribution in [1.82, 2.24) is 59.5 Å². The zero-order valence-corrected chi connectivity index (χ0v) is 56.8. The van der Waals surface area contributed by atoms with E-state index in [0.29, 0.717) is 120 Å². The van der Waals surface area contributed by atoms with Gasteiger partial charge in [-0.3, -0.25) is 0 Å². The number of aliphatic imine (C=N–C) groups is 4. The predicted octanol–water partition coefficient (Wildman–Crippen LogP) is 15.6. The Kier molecular flexibility index (Phi) is 19.0. The highest BCUT2D eigenvalue weighted by Crippen LogP contribution is 2.41. The van der Waals surface area contributed by atoms with Crippen LogP contribution in [0.1, 0.15) is 85.4 Å². The molecule has 4 aliphatic heterocycles. The summed E-state index contributed by atoms with van der Waals surface area (Å²) in [5, 5.41) is 82.8. The summed E-state index contributed by atoms with van der Waals surface area (Å²) in [6, 6.07) is 29.2. The molecule has 0 radical (unpaired) electrons. The van der Waals surface area contributed by atoms with Crippen molar-refractivity contribution in [2.24, 2.45) is 45.8 Å². The van der Waals surface area contributed by atoms with E-state index in [4.69, 9.17) is 104 Å². The second kappa shape index (κ2) is 26.8. The van der Waals surface area contributed by atoms with Gasteiger partial charge in [0.2, 0.25) is 23.3 Å². The average molecular weight is 1440 g/mol. The summed E-state index contributed by atoms with van der Waals surface area (Å²) < 4.78 is 3.24. The summed E-state index contributed by atoms with van der Waals surface area (Å²) in [6.07, 6.45) is 0. The summed E-state index contributed by atoms with van der Waals surface area (Å²) in [5.41, 5.74) is 8.31. The summed E-state index contributed by atoms with van der Waals surface area (Å²) in [6.45, 7) is 15.1. The number of phenolic OH excluding ortho intramolecular Hbond substituents is 4. The lowest BCUT2D eigenvalue weighted by molar-refractivity contribution is 0.475. The quantitative estimate of drug-likeness (QED) is 0.121. The SMILES string of the molecule is CC1=Nn2nc(C)nc2C1=Nc1cc(Cl)c(O)c(Cl)c1.Cc1nc2n(n1)N=C(C(C)(C)C)C2=Nc1cc(Cl)c(O)c(Cl)c1.Cc1nnc2n1N=C(c1ccccc1)C2=Nc1cc(Cl)c(O)c(Cl)c1.Cc1nnc2n1N=C(c1ccccc1Cl)C2=Nc1cc(Cl)c(O)c(Cl)c1. The molecule has 14 rings (SSSR count). The smallest absolute Gasteiger partial charge is 0.205 e. The molecule has 94 heavy (non-hydrogen) atoms. The summed E-state index contributed by atoms with van der Waals surface area (Å²) in [7, 11) is 0. The highest BCUT2D eigenvalue weighted by molar-refractivity contribution is 6.57. The third-order valence-corrected chi connectivity index (χ3v) is 16.2. The van der Waals surface area contributed by atoms with Gasteiger partial charge in [-0.25, -0.2) is 29.9 Å². The molecule has 0 aliphatic carbocycles. The van der Waals surface area contributed by atoms with Crippen LogP contribution in [0.4, 0.5) is 22.7 Å². The van der Waals surface area contributed by atoms with Crippen molar-refractivity contribution < 1.29 is 20.4 Å². The van der Waals surface area contributed by atoms with E-state index in [1.165, 1.54) is 46.0 Å². The van der Waals surface area contributed by atoms with Crippen LogP contribution in [0.2, 0.25) is 45.2 Å². The third-order valence-electron chi connectivity index (χ3n) is 13.5. The third kappa shape index (κ3) is 13.7. The number of hydrogen-bond acceptors (Lipinski definition) is 20. The molecule has 4 aromatic heterocycles. The Morgan fingerprint density at radius 3 is 1.17 bits per heavy atom. The number of aryl methyl sites for hydroxylation is 4. The Balaban J connectivity index is 0.000000128. The molecule has 4 aliphatic rings. The topological polar surface area (TPSA) is 303 Å². The average Bonchev–Trinajstić information content (AvgIpc) is 1.64. The van der Waals surface area contributed by atoms with Crippen molar-refractivity contribution in [2.45, 2.75) is 55.4 Å². The second-order valence-corrected chi connectivity index (χ2v) is 25.2. The fourth-order valence-corrected chi connectivity index (χ4v) is 11.3. The van der Waals surface area contributed by atoms with Crippen LogP contribution in [0.15, 0.2) is 144 Å². The van der Waals surface area contributed by atoms with Crippen LogP contribution >= 0.6 is 104 Å². The number of benzene rings is 6. The molecular formula is C61H45Cl9N20O4. The van der Waals surface area contributed by atoms with Gasteiger partial charge >= 0.3 is 0 Å². The van der Waals surface area contributed by atoms with Gasteiger partial charge in [0.05, 0.1) is 79.4 Å². The van der Waals surface area contributed by atoms with Gasteiger partial charge in [0, 0.05) is 16.5 Å². The van der Waals surface area contributed by atoms with Crippen LogP contribution in [-0.4, -0.2) is 126 Å². The van der Waals surface area contributed by atoms with Gasteiger partial charge in [0.15, 0.2) is 46.3 Å². The fourth-order valence-electron chi connectivity index (χ4n) is 9.15. The zero-order chi connectivity index (χ0) is 67.4. The van der Waals surface area contributed by atoms with Crippen LogP contribution in [-0.2, 0) is 0 Å². The standard InChI is InChI=1S/C17H10Cl3N5O.C17H11Cl2N5O.C15H15Cl2N5O.C12H9Cl2N5O/c1-8-22-23-17-15(21-9-6-12(19)16(26)13(20)7-9)14(24-25(8)17)10-4-2-3-5-11(10)18;1-9-21-22-17-15(20-11-7-12(18)16(25)13(19)8-11)14(23-24(9)17)10-5-3-2-4-6-10;1-7-18-14-11(13(15(2,3)4)21-22(14)20-7)19-8-5-9(16)12(23)10(17)6-8;1-5-10(12-15-6(2)18-19(12)17-5)16-7-3-8(13)11(20)9(14)4-7/h2-7,26H,1H3;2-8,25H,1H3;5-6,23H,1-4H3;3-4,20H,1-2H3. The van der Waals surface area contributed by atoms with Crippen molar-refractivity contribution in [2.75, 3.05) is 0 Å². The Hall–Kier alpha value is -8.95. The normalized spacial score (nSPS) is 15.2. The number of nitrogens with zero attached hydrogens (tertiary/aromatic N) is 20. The van der Waals surface area contributed by atoms with Crippen LogP contribution in [0.5, 0.6) is 23.0 Å². The Labute approximate surface area is 578 Å². The first-order valence-corrected chi connectivity index (χ1v) is 31.0. The van der Waals surface area contributed by atoms with Crippen LogP contribution in [0, 0.1) is 33.1 Å². The van der Waals surface area contributed by atoms with E-state index in [1.807, 2.05) is 83.1 Å². The minimum absolute atomic E-state index is 0.101. The molecule has 24 nitrogen and oxygen atoms in total. The van der Waals surface area contributed by atoms with Gasteiger partial charge in [-0.15, -0.1) is 40.2 Å². The number of hydrogen-bond donors (Lipinski definition) is 4. The number of phenols is 4. The lowest BCUT2D eigenvalue weighted by Gasteiger charge is -2.18. The summed E-state index contributed by atoms with van der Waals surface area (Å²) in [4.78, 5) is 29.8. The Morgan fingerprint density at radius 1 is 0.383 bits per heavy atom. The van der Waals surface area contributed by atoms with E-state index >= 15 is 0 Å². The maximum Gasteiger partial charge on any atom is 0.205 e. The lowest BCUT2D eigenvalue weighted by Crippen LogP contribution is -2.27. The molecule has 0 spiro atoms. The van der Waals surface area contributed by atoms with Gasteiger partial charge in [-0.1, -0.05) is 174 Å². The summed E-state index contributed by atoms with van der Waals surface area (Å²) >= 11 is 54.0. The van der Waals surface area contributed by atoms with E-state index in [-0.39, 0.29) is 68.6 Å². The number of aromatic hydroxyl groups is 4. The molecule has 0 bridgehead atoms. The van der Waals surface area contributed by atoms with Gasteiger partial charge in [-0.05, 0) is 89.2 Å². The van der Waals surface area contributed by atoms with Gasteiger partial charge < -0.3 is 20.4 Å². The predicted molar refractivity (Wildman–Crippen MR) is 369 cm³/mol. The number of halogens is 9. The zero-order valence-electron chi connectivity index (χ0n) is 49.9. The largest absolute Gasteiger partial charge is 0.505 e. The van der Waals surface area contributed by atoms with Crippen LogP contribution in [0.25, 0.3) is 0 Å². The first-order valence-electron chi connectivity index (χ1n) is 27.6. The molecule has 0 unspecified atom stereocenters. The molecule has 0 saturated heterocycles. The molecule has 6 aromatic carbocycles. The number of aromatic nitrogens is 12. The van der Waals surface area contributed by atoms with Crippen molar-refractivity contribution in [1.29, 1.82) is 0 Å². The first-order chi connectivity index (χ1) is 44.6. The van der Waals surface area contributed by atoms with Gasteiger partial charge in [-0.2, -0.15) is 29.8 Å². The van der Waals surface area contributed by atoms with E-state index in [0.717, 1.165) is 11.3 Å². The maximum absolute atomic E-state index is 9.74. The molecule has 0 amide bonds. The second-order valence-electron chi connectivity index (χ2n) is 21.5. The molecule has 8 heterocycles. The van der Waals surface area contributed by atoms with Crippen molar-refractivity contribution in [3.05, 3.63) is 206 Å². The highest BCUT2D eigenvalue weighted by Gasteiger charge is 2.35. The first kappa shape index (κ1) is 66.5. The van der Waals surface area contributed by atoms with Gasteiger partial charge in [0.25, 0.3) is 0 Å². The maximum atomic E-state index is 9.74. The van der Waals surface area contributed by atoms with E-state index in [9.17, 15) is 20.4 Å². The molecule has 0 atom stereocenters. The fraction of sp³-hybridized carbons (Fsp3) is 0.148. The van der Waals surface area contributed by atoms with E-state index < -0.39 is 0 Å². The highest BCUT2D eigenvalue weighted by atomic mass is 35.5. The summed E-state index contributed by atoms with van der Waals surface area (Å²) in [5.74, 6) is 4.00. The number of rotatable bonds is 6. The Bertz CT molecular complexity index is 4930. The molecule has 4 N–H and O–H groups in total. The number of fused-ring (bicyclic) bond motifs is 4. The van der Waals surface area contributed by atoms with E-state index in [1.54, 1.807) is 48.3 Å². The molecule has 476 valence electrons. The monoisotopic (exact) mass is 1440 g/mol. The van der Waals surface area contributed by atoms with Crippen LogP contribution < -0.4 is 0 Å². The molecule has 33 heteroatoms. The minimum Gasteiger partial charge on any atom is -0.505 e. The van der Waals surface area contributed by atoms with Crippen molar-refractivity contribution >= 4 is 173 Å². The molecule has 0 fully saturated rings. The molecule has 0 saturated carbocycles. The van der Waals surface area contributed by atoms with E-state index in [2.05, 4.69) is 80.9 Å². The molecular weight excluding hydrogens is 1400 g/mol. The van der Waals surface area contributed by atoms with Crippen molar-refractivity contribution in [3.63, 3.8) is 0 Å². The Morgan fingerprint density at radius 2 is 0.745 bits per heavy atom. The molecule has 10 aromatic rings. The minimum atomic E-state index is -0.236. The lowest BCUT2D eigenvalue weighted by atomic mass is 9.87. The van der Waals surface area contributed by atoms with Gasteiger partial charge in [0.1, 0.15) is 34.3 Å².